The van der Waals surface area contributed by atoms with Crippen molar-refractivity contribution in [2.24, 2.45) is 0 Å². The number of carbonyl (C=O) groups is 2. The van der Waals surface area contributed by atoms with E-state index in [1.807, 2.05) is 66.7 Å². The molecule has 5 heteroatoms. The molecule has 3 aromatic carbocycles. The van der Waals surface area contributed by atoms with E-state index in [4.69, 9.17) is 4.74 Å². The van der Waals surface area contributed by atoms with Crippen LogP contribution < -0.4 is 10.1 Å². The normalized spacial score (nSPS) is 14.7. The Balaban J connectivity index is 1.60. The predicted octanol–water partition coefficient (Wildman–Crippen LogP) is 4.98. The van der Waals surface area contributed by atoms with Gasteiger partial charge < -0.3 is 15.0 Å². The van der Waals surface area contributed by atoms with E-state index in [1.54, 1.807) is 12.0 Å². The lowest BCUT2D eigenvalue weighted by Crippen LogP contribution is -2.43. The number of nitrogens with zero attached hydrogens (tertiary/aromatic N) is 1. The molecule has 4 rings (SSSR count). The van der Waals surface area contributed by atoms with E-state index < -0.39 is 6.04 Å². The van der Waals surface area contributed by atoms with Crippen molar-refractivity contribution in [3.05, 3.63) is 95.6 Å². The molecule has 2 amide bonds. The number of likely N-dealkylation sites (tertiary alicyclic amines) is 1. The molecule has 1 aliphatic rings. The zero-order valence-corrected chi connectivity index (χ0v) is 18.3. The standard InChI is InChI=1S/C27H28N2O3/c1-32-24-16-15-23(19-22(24)18-20-10-4-2-5-11-20)28-27(31)26(21-12-6-3-7-13-21)29-17-9-8-14-25(29)30/h2-7,10-13,15-16,19,26H,8-9,14,17-18H2,1H3,(H,28,31). The minimum atomic E-state index is -0.649. The average Bonchev–Trinajstić information content (AvgIpc) is 2.82. The number of rotatable bonds is 7. The zero-order chi connectivity index (χ0) is 22.3. The van der Waals surface area contributed by atoms with Crippen LogP contribution in [0.15, 0.2) is 78.9 Å². The monoisotopic (exact) mass is 428 g/mol. The average molecular weight is 429 g/mol. The number of piperidine rings is 1. The summed E-state index contributed by atoms with van der Waals surface area (Å²) in [5, 5.41) is 3.05. The molecule has 0 spiro atoms. The fraction of sp³-hybridized carbons (Fsp3) is 0.259. The van der Waals surface area contributed by atoms with Crippen LogP contribution in [0.5, 0.6) is 5.75 Å². The maximum absolute atomic E-state index is 13.4. The third kappa shape index (κ3) is 4.99. The van der Waals surface area contributed by atoms with Crippen molar-refractivity contribution in [2.75, 3.05) is 19.0 Å². The number of ether oxygens (including phenoxy) is 1. The lowest BCUT2D eigenvalue weighted by molar-refractivity contribution is -0.141. The van der Waals surface area contributed by atoms with Crippen LogP contribution in [0.25, 0.3) is 0 Å². The summed E-state index contributed by atoms with van der Waals surface area (Å²) >= 11 is 0. The van der Waals surface area contributed by atoms with Crippen molar-refractivity contribution in [3.63, 3.8) is 0 Å². The Kier molecular flexibility index (Phi) is 6.85. The van der Waals surface area contributed by atoms with Crippen molar-refractivity contribution in [3.8, 4) is 5.75 Å². The van der Waals surface area contributed by atoms with Crippen LogP contribution >= 0.6 is 0 Å². The number of carbonyl (C=O) groups excluding carboxylic acids is 2. The van der Waals surface area contributed by atoms with Crippen molar-refractivity contribution in [1.82, 2.24) is 4.90 Å². The first-order chi connectivity index (χ1) is 15.7. The molecule has 1 heterocycles. The van der Waals surface area contributed by atoms with E-state index in [0.717, 1.165) is 35.3 Å². The molecule has 1 unspecified atom stereocenters. The zero-order valence-electron chi connectivity index (χ0n) is 18.3. The lowest BCUT2D eigenvalue weighted by atomic mass is 10.00. The van der Waals surface area contributed by atoms with E-state index in [9.17, 15) is 9.59 Å². The van der Waals surface area contributed by atoms with Gasteiger partial charge in [0.2, 0.25) is 5.91 Å². The van der Waals surface area contributed by atoms with Crippen molar-refractivity contribution in [2.45, 2.75) is 31.7 Å². The first kappa shape index (κ1) is 21.6. The fourth-order valence-corrected chi connectivity index (χ4v) is 4.23. The van der Waals surface area contributed by atoms with Crippen LogP contribution in [-0.4, -0.2) is 30.4 Å². The molecule has 1 saturated heterocycles. The maximum atomic E-state index is 13.4. The maximum Gasteiger partial charge on any atom is 0.251 e. The summed E-state index contributed by atoms with van der Waals surface area (Å²) in [5.41, 5.74) is 3.66. The number of hydrogen-bond donors (Lipinski definition) is 1. The summed E-state index contributed by atoms with van der Waals surface area (Å²) in [5.74, 6) is 0.597. The molecule has 0 bridgehead atoms. The Bertz CT molecular complexity index is 1070. The number of hydrogen-bond acceptors (Lipinski definition) is 3. The Labute approximate surface area is 189 Å². The van der Waals surface area contributed by atoms with Crippen LogP contribution in [0.2, 0.25) is 0 Å². The Morgan fingerprint density at radius 1 is 1.00 bits per heavy atom. The number of methoxy groups -OCH3 is 1. The van der Waals surface area contributed by atoms with Gasteiger partial charge in [0.25, 0.3) is 5.91 Å². The molecule has 1 aliphatic heterocycles. The summed E-state index contributed by atoms with van der Waals surface area (Å²) in [6, 6.07) is 24.7. The van der Waals surface area contributed by atoms with Crippen LogP contribution in [0.4, 0.5) is 5.69 Å². The second-order valence-electron chi connectivity index (χ2n) is 8.04. The summed E-state index contributed by atoms with van der Waals surface area (Å²) in [4.78, 5) is 27.8. The smallest absolute Gasteiger partial charge is 0.251 e. The Hall–Kier alpha value is -3.60. The minimum Gasteiger partial charge on any atom is -0.496 e. The second-order valence-corrected chi connectivity index (χ2v) is 8.04. The van der Waals surface area contributed by atoms with Gasteiger partial charge in [-0.25, -0.2) is 0 Å². The van der Waals surface area contributed by atoms with E-state index in [1.165, 1.54) is 0 Å². The topological polar surface area (TPSA) is 58.6 Å². The molecule has 5 nitrogen and oxygen atoms in total. The quantitative estimate of drug-likeness (QED) is 0.578. The minimum absolute atomic E-state index is 0.0275. The lowest BCUT2D eigenvalue weighted by Gasteiger charge is -2.34. The Morgan fingerprint density at radius 3 is 2.41 bits per heavy atom. The van der Waals surface area contributed by atoms with Crippen LogP contribution in [0.3, 0.4) is 0 Å². The van der Waals surface area contributed by atoms with Gasteiger partial charge in [0.05, 0.1) is 7.11 Å². The summed E-state index contributed by atoms with van der Waals surface area (Å²) < 4.78 is 5.54. The molecule has 0 aliphatic carbocycles. The van der Waals surface area contributed by atoms with Crippen LogP contribution in [-0.2, 0) is 16.0 Å². The molecule has 0 radical (unpaired) electrons. The van der Waals surface area contributed by atoms with Gasteiger partial charge in [0.1, 0.15) is 11.8 Å². The van der Waals surface area contributed by atoms with Gasteiger partial charge in [0, 0.05) is 30.6 Å². The highest BCUT2D eigenvalue weighted by atomic mass is 16.5. The van der Waals surface area contributed by atoms with Crippen molar-refractivity contribution >= 4 is 17.5 Å². The van der Waals surface area contributed by atoms with Gasteiger partial charge in [-0.1, -0.05) is 60.7 Å². The molecular formula is C27H28N2O3. The van der Waals surface area contributed by atoms with Gasteiger partial charge in [-0.15, -0.1) is 0 Å². The third-order valence-electron chi connectivity index (χ3n) is 5.82. The summed E-state index contributed by atoms with van der Waals surface area (Å²) in [6.45, 7) is 0.591. The van der Waals surface area contributed by atoms with E-state index >= 15 is 0 Å². The first-order valence-corrected chi connectivity index (χ1v) is 11.0. The van der Waals surface area contributed by atoms with Crippen LogP contribution in [0, 0.1) is 0 Å². The van der Waals surface area contributed by atoms with E-state index in [0.29, 0.717) is 25.1 Å². The highest BCUT2D eigenvalue weighted by Crippen LogP contribution is 2.29. The first-order valence-electron chi connectivity index (χ1n) is 11.0. The third-order valence-corrected chi connectivity index (χ3v) is 5.82. The largest absolute Gasteiger partial charge is 0.496 e. The van der Waals surface area contributed by atoms with E-state index in [-0.39, 0.29) is 11.8 Å². The molecular weight excluding hydrogens is 400 g/mol. The molecule has 1 fully saturated rings. The number of amides is 2. The molecule has 0 aromatic heterocycles. The fourth-order valence-electron chi connectivity index (χ4n) is 4.23. The highest BCUT2D eigenvalue weighted by molar-refractivity contribution is 5.98. The predicted molar refractivity (Wildman–Crippen MR) is 126 cm³/mol. The summed E-state index contributed by atoms with van der Waals surface area (Å²) in [7, 11) is 1.65. The number of anilines is 1. The van der Waals surface area contributed by atoms with E-state index in [2.05, 4.69) is 17.4 Å². The molecule has 32 heavy (non-hydrogen) atoms. The molecule has 1 atom stereocenters. The SMILES string of the molecule is COc1ccc(NC(=O)C(c2ccccc2)N2CCCCC2=O)cc1Cc1ccccc1. The Morgan fingerprint density at radius 2 is 1.72 bits per heavy atom. The van der Waals surface area contributed by atoms with Gasteiger partial charge >= 0.3 is 0 Å². The molecule has 0 saturated carbocycles. The molecule has 3 aromatic rings. The number of nitrogens with one attached hydrogen (secondary N) is 1. The van der Waals surface area contributed by atoms with Gasteiger partial charge in [-0.2, -0.15) is 0 Å². The van der Waals surface area contributed by atoms with Gasteiger partial charge in [-0.3, -0.25) is 9.59 Å². The second kappa shape index (κ2) is 10.1. The number of benzene rings is 3. The summed E-state index contributed by atoms with van der Waals surface area (Å²) in [6.07, 6.45) is 2.97. The van der Waals surface area contributed by atoms with Crippen molar-refractivity contribution in [1.29, 1.82) is 0 Å². The highest BCUT2D eigenvalue weighted by Gasteiger charge is 2.32. The molecule has 164 valence electrons. The van der Waals surface area contributed by atoms with Gasteiger partial charge in [-0.05, 0) is 42.2 Å². The van der Waals surface area contributed by atoms with Crippen molar-refractivity contribution < 1.29 is 14.3 Å². The van der Waals surface area contributed by atoms with Gasteiger partial charge in [0.15, 0.2) is 0 Å². The molecule has 1 N–H and O–H groups in total. The van der Waals surface area contributed by atoms with Crippen LogP contribution in [0.1, 0.15) is 42.0 Å².